The molecule has 38 heavy (non-hydrogen) atoms. The first-order chi connectivity index (χ1) is 18.6. The van der Waals surface area contributed by atoms with Crippen LogP contribution in [-0.4, -0.2) is 50.0 Å². The van der Waals surface area contributed by atoms with Crippen LogP contribution in [0.1, 0.15) is 59.1 Å². The lowest BCUT2D eigenvalue weighted by Gasteiger charge is -2.24. The summed E-state index contributed by atoms with van der Waals surface area (Å²) in [7, 11) is 0. The van der Waals surface area contributed by atoms with E-state index in [4.69, 9.17) is 11.8 Å². The molecule has 3 aromatic heterocycles. The zero-order valence-electron chi connectivity index (χ0n) is 21.1. The molecule has 4 aromatic rings. The van der Waals surface area contributed by atoms with Gasteiger partial charge in [0.15, 0.2) is 0 Å². The third kappa shape index (κ3) is 4.43. The molecule has 3 aliphatic rings. The van der Waals surface area contributed by atoms with Gasteiger partial charge in [-0.1, -0.05) is 6.07 Å². The van der Waals surface area contributed by atoms with E-state index in [-0.39, 0.29) is 24.1 Å². The minimum Gasteiger partial charge on any atom is -0.395 e. The van der Waals surface area contributed by atoms with Crippen molar-refractivity contribution in [2.24, 2.45) is 0 Å². The molecule has 0 amide bonds. The van der Waals surface area contributed by atoms with Gasteiger partial charge in [0.2, 0.25) is 0 Å². The molecule has 0 unspecified atom stereocenters. The summed E-state index contributed by atoms with van der Waals surface area (Å²) in [4.78, 5) is 18.5. The molecular formula is C29H30ClN5O2S. The maximum absolute atomic E-state index is 12.7. The predicted molar refractivity (Wildman–Crippen MR) is 152 cm³/mol. The molecule has 0 bridgehead atoms. The normalized spacial score (nSPS) is 21.5. The number of fused-ring (bicyclic) bond motifs is 2. The van der Waals surface area contributed by atoms with Crippen molar-refractivity contribution < 1.29 is 5.11 Å². The molecule has 0 spiro atoms. The Balaban J connectivity index is 1.27. The standard InChI is InChI=1S/C29H30ClN5O2S/c30-34-14-21(9-22(34)16-36)19-8-18-2-1-6-32-28(18)25(10-19)24-5-7-31-26-12-23(38-29(24)26)15-35-27(37)11-20(13-33-35)17-3-4-17/h5,7-8,10-13,17,21-22,32,36H,1-4,6,9,14-16H2/t21-,22-/m1/s1. The lowest BCUT2D eigenvalue weighted by Crippen LogP contribution is -2.23. The molecular weight excluding hydrogens is 518 g/mol. The Labute approximate surface area is 230 Å². The Morgan fingerprint density at radius 2 is 2.03 bits per heavy atom. The van der Waals surface area contributed by atoms with E-state index in [1.165, 1.54) is 22.4 Å². The first kappa shape index (κ1) is 24.3. The maximum atomic E-state index is 12.7. The van der Waals surface area contributed by atoms with Crippen LogP contribution in [0.25, 0.3) is 21.3 Å². The molecule has 1 aliphatic carbocycles. The van der Waals surface area contributed by atoms with E-state index >= 15 is 0 Å². The summed E-state index contributed by atoms with van der Waals surface area (Å²) in [6.45, 7) is 2.20. The molecule has 196 valence electrons. The average Bonchev–Trinajstić information content (AvgIpc) is 3.59. The number of anilines is 1. The van der Waals surface area contributed by atoms with Crippen molar-refractivity contribution in [1.82, 2.24) is 19.2 Å². The Morgan fingerprint density at radius 1 is 1.13 bits per heavy atom. The number of nitrogens with zero attached hydrogens (tertiary/aromatic N) is 4. The largest absolute Gasteiger partial charge is 0.395 e. The number of pyridine rings is 1. The molecule has 2 aliphatic heterocycles. The molecule has 2 fully saturated rings. The Bertz CT molecular complexity index is 1580. The summed E-state index contributed by atoms with van der Waals surface area (Å²) in [6.07, 6.45) is 9.04. The smallest absolute Gasteiger partial charge is 0.267 e. The van der Waals surface area contributed by atoms with E-state index in [2.05, 4.69) is 39.7 Å². The predicted octanol–water partition coefficient (Wildman–Crippen LogP) is 5.11. The molecule has 7 rings (SSSR count). The maximum Gasteiger partial charge on any atom is 0.267 e. The monoisotopic (exact) mass is 547 g/mol. The lowest BCUT2D eigenvalue weighted by atomic mass is 9.87. The highest BCUT2D eigenvalue weighted by molar-refractivity contribution is 7.19. The van der Waals surface area contributed by atoms with E-state index < -0.39 is 0 Å². The van der Waals surface area contributed by atoms with Gasteiger partial charge in [0, 0.05) is 53.1 Å². The Morgan fingerprint density at radius 3 is 2.82 bits per heavy atom. The summed E-state index contributed by atoms with van der Waals surface area (Å²) >= 11 is 8.12. The second-order valence-corrected chi connectivity index (χ2v) is 12.4. The number of aromatic nitrogens is 3. The van der Waals surface area contributed by atoms with Gasteiger partial charge in [-0.05, 0) is 90.6 Å². The summed E-state index contributed by atoms with van der Waals surface area (Å²) in [5.41, 5.74) is 8.12. The van der Waals surface area contributed by atoms with E-state index in [9.17, 15) is 9.90 Å². The van der Waals surface area contributed by atoms with Gasteiger partial charge < -0.3 is 10.4 Å². The number of aliphatic hydroxyl groups is 1. The van der Waals surface area contributed by atoms with Crippen molar-refractivity contribution in [2.75, 3.05) is 25.0 Å². The molecule has 1 aromatic carbocycles. The molecule has 9 heteroatoms. The summed E-state index contributed by atoms with van der Waals surface area (Å²) in [5, 5.41) is 17.9. The van der Waals surface area contributed by atoms with Crippen LogP contribution in [0.4, 0.5) is 5.69 Å². The minimum absolute atomic E-state index is 0.0119. The zero-order chi connectivity index (χ0) is 25.8. The van der Waals surface area contributed by atoms with Crippen LogP contribution in [0.5, 0.6) is 0 Å². The van der Waals surface area contributed by atoms with Gasteiger partial charge in [-0.2, -0.15) is 5.10 Å². The summed E-state index contributed by atoms with van der Waals surface area (Å²) in [5.74, 6) is 0.797. The fraction of sp³-hybridized carbons (Fsp3) is 0.414. The fourth-order valence-electron chi connectivity index (χ4n) is 5.99. The first-order valence-electron chi connectivity index (χ1n) is 13.5. The molecule has 2 atom stereocenters. The van der Waals surface area contributed by atoms with Crippen molar-refractivity contribution in [2.45, 2.75) is 56.5 Å². The molecule has 2 N–H and O–H groups in total. The van der Waals surface area contributed by atoms with E-state index in [0.717, 1.165) is 71.4 Å². The highest BCUT2D eigenvalue weighted by atomic mass is 35.5. The highest BCUT2D eigenvalue weighted by Gasteiger charge is 2.33. The van der Waals surface area contributed by atoms with Crippen molar-refractivity contribution in [3.63, 3.8) is 0 Å². The average molecular weight is 548 g/mol. The van der Waals surface area contributed by atoms with Gasteiger partial charge in [0.25, 0.3) is 5.56 Å². The van der Waals surface area contributed by atoms with Gasteiger partial charge in [-0.3, -0.25) is 9.78 Å². The van der Waals surface area contributed by atoms with Gasteiger partial charge in [0.1, 0.15) is 0 Å². The number of halogens is 1. The second-order valence-electron chi connectivity index (χ2n) is 10.8. The Kier molecular flexibility index (Phi) is 6.23. The van der Waals surface area contributed by atoms with Crippen molar-refractivity contribution >= 4 is 39.0 Å². The quantitative estimate of drug-likeness (QED) is 0.326. The van der Waals surface area contributed by atoms with Crippen LogP contribution in [-0.2, 0) is 13.0 Å². The molecule has 1 saturated carbocycles. The second kappa shape index (κ2) is 9.75. The number of aliphatic hydroxyl groups excluding tert-OH is 1. The van der Waals surface area contributed by atoms with E-state index in [1.54, 1.807) is 26.5 Å². The van der Waals surface area contributed by atoms with Crippen molar-refractivity contribution in [1.29, 1.82) is 0 Å². The number of thiophene rings is 1. The third-order valence-electron chi connectivity index (χ3n) is 8.19. The lowest BCUT2D eigenvalue weighted by molar-refractivity contribution is 0.217. The number of aryl methyl sites for hydroxylation is 1. The molecule has 0 radical (unpaired) electrons. The summed E-state index contributed by atoms with van der Waals surface area (Å²) < 4.78 is 4.43. The zero-order valence-corrected chi connectivity index (χ0v) is 22.6. The number of rotatable bonds is 6. The fourth-order valence-corrected chi connectivity index (χ4v) is 7.42. The SMILES string of the molecule is O=c1cc(C2CC2)cnn1Cc1cc2nccc(-c3cc([C@@H]4C[C@H](CO)N(Cl)C4)cc4c3NCCC4)c2s1. The Hall–Kier alpha value is -2.78. The van der Waals surface area contributed by atoms with E-state index in [0.29, 0.717) is 12.5 Å². The van der Waals surface area contributed by atoms with Crippen LogP contribution in [0.2, 0.25) is 0 Å². The molecule has 7 nitrogen and oxygen atoms in total. The van der Waals surface area contributed by atoms with Crippen LogP contribution in [0.15, 0.2) is 47.5 Å². The summed E-state index contributed by atoms with van der Waals surface area (Å²) in [6, 6.07) is 10.6. The number of nitrogens with one attached hydrogen (secondary N) is 1. The number of benzene rings is 1. The molecule has 5 heterocycles. The third-order valence-corrected chi connectivity index (χ3v) is 9.75. The van der Waals surface area contributed by atoms with Crippen LogP contribution in [0, 0.1) is 0 Å². The molecule has 1 saturated heterocycles. The highest BCUT2D eigenvalue weighted by Crippen LogP contribution is 2.44. The van der Waals surface area contributed by atoms with Gasteiger partial charge in [0.05, 0.1) is 29.6 Å². The first-order valence-corrected chi connectivity index (χ1v) is 14.6. The van der Waals surface area contributed by atoms with Crippen molar-refractivity contribution in [3.8, 4) is 11.1 Å². The number of hydrogen-bond donors (Lipinski definition) is 2. The van der Waals surface area contributed by atoms with E-state index in [1.807, 2.05) is 12.4 Å². The van der Waals surface area contributed by atoms with Crippen LogP contribution in [0.3, 0.4) is 0 Å². The topological polar surface area (TPSA) is 83.3 Å². The van der Waals surface area contributed by atoms with Gasteiger partial charge in [-0.25, -0.2) is 9.10 Å². The minimum atomic E-state index is -0.0444. The van der Waals surface area contributed by atoms with Gasteiger partial charge in [-0.15, -0.1) is 11.3 Å². The van der Waals surface area contributed by atoms with Crippen LogP contribution >= 0.6 is 23.1 Å². The van der Waals surface area contributed by atoms with Crippen molar-refractivity contribution in [3.05, 3.63) is 74.6 Å². The van der Waals surface area contributed by atoms with Gasteiger partial charge >= 0.3 is 0 Å². The van der Waals surface area contributed by atoms with Crippen LogP contribution < -0.4 is 10.9 Å². The number of hydrogen-bond acceptors (Lipinski definition) is 7.